The number of hydrogen-bond donors (Lipinski definition) is 0. The third-order valence-corrected chi connectivity index (χ3v) is 2.87. The molecule has 0 aliphatic carbocycles. The van der Waals surface area contributed by atoms with E-state index in [2.05, 4.69) is 4.98 Å². The monoisotopic (exact) mass is 296 g/mol. The first kappa shape index (κ1) is 15.2. The number of carbonyl (C=O) groups is 2. The van der Waals surface area contributed by atoms with Crippen LogP contribution in [0.1, 0.15) is 44.5 Å². The Balaban J connectivity index is 2.30. The number of amides is 1. The van der Waals surface area contributed by atoms with E-state index in [0.717, 1.165) is 11.3 Å². The van der Waals surface area contributed by atoms with Gasteiger partial charge in [-0.25, -0.2) is 14.0 Å². The fraction of sp³-hybridized carbons (Fsp3) is 0.500. The molecule has 0 aromatic carbocycles. The van der Waals surface area contributed by atoms with Crippen molar-refractivity contribution in [1.82, 2.24) is 10.0 Å². The van der Waals surface area contributed by atoms with Crippen LogP contribution in [0.25, 0.3) is 0 Å². The van der Waals surface area contributed by atoms with Crippen molar-refractivity contribution in [3.8, 4) is 0 Å². The van der Waals surface area contributed by atoms with Gasteiger partial charge in [0, 0.05) is 11.3 Å². The van der Waals surface area contributed by atoms with E-state index in [1.807, 2.05) is 0 Å². The van der Waals surface area contributed by atoms with E-state index >= 15 is 0 Å². The standard InChI is InChI=1S/C14H17FN2O4/c1-8-10(5-9(15)7-16-8)11-6-12(18)21-17(11)13(19)20-14(2,3)4/h5,7,11H,6H2,1-4H3. The van der Waals surface area contributed by atoms with E-state index in [1.165, 1.54) is 6.07 Å². The van der Waals surface area contributed by atoms with Crippen molar-refractivity contribution < 1.29 is 23.6 Å². The van der Waals surface area contributed by atoms with Gasteiger partial charge in [0.25, 0.3) is 0 Å². The van der Waals surface area contributed by atoms with Crippen LogP contribution in [0.5, 0.6) is 0 Å². The smallest absolute Gasteiger partial charge is 0.442 e. The summed E-state index contributed by atoms with van der Waals surface area (Å²) < 4.78 is 18.6. The van der Waals surface area contributed by atoms with E-state index in [4.69, 9.17) is 9.57 Å². The second kappa shape index (κ2) is 5.31. The van der Waals surface area contributed by atoms with Crippen molar-refractivity contribution in [3.05, 3.63) is 29.3 Å². The van der Waals surface area contributed by atoms with Gasteiger partial charge in [-0.3, -0.25) is 4.98 Å². The molecular weight excluding hydrogens is 279 g/mol. The van der Waals surface area contributed by atoms with Crippen LogP contribution in [0.2, 0.25) is 0 Å². The molecule has 0 N–H and O–H groups in total. The molecule has 1 atom stereocenters. The SMILES string of the molecule is Cc1ncc(F)cc1C1CC(=O)ON1C(=O)OC(C)(C)C. The lowest BCUT2D eigenvalue weighted by Crippen LogP contribution is -2.36. The summed E-state index contributed by atoms with van der Waals surface area (Å²) in [5.41, 5.74) is 0.214. The Morgan fingerprint density at radius 2 is 2.19 bits per heavy atom. The fourth-order valence-electron chi connectivity index (χ4n) is 2.02. The average Bonchev–Trinajstić information content (AvgIpc) is 2.72. The van der Waals surface area contributed by atoms with Crippen molar-refractivity contribution in [1.29, 1.82) is 0 Å². The molecule has 7 heteroatoms. The van der Waals surface area contributed by atoms with Crippen LogP contribution in [0.15, 0.2) is 12.3 Å². The molecule has 2 rings (SSSR count). The van der Waals surface area contributed by atoms with E-state index < -0.39 is 29.5 Å². The third-order valence-electron chi connectivity index (χ3n) is 2.87. The highest BCUT2D eigenvalue weighted by atomic mass is 19.1. The summed E-state index contributed by atoms with van der Waals surface area (Å²) in [5.74, 6) is -1.12. The normalized spacial score (nSPS) is 18.6. The predicted molar refractivity (Wildman–Crippen MR) is 70.5 cm³/mol. The van der Waals surface area contributed by atoms with E-state index in [9.17, 15) is 14.0 Å². The Hall–Kier alpha value is -2.18. The molecule has 1 aliphatic heterocycles. The Morgan fingerprint density at radius 1 is 1.52 bits per heavy atom. The molecule has 2 heterocycles. The van der Waals surface area contributed by atoms with Gasteiger partial charge in [0.2, 0.25) is 0 Å². The van der Waals surface area contributed by atoms with Crippen LogP contribution in [0, 0.1) is 12.7 Å². The second-order valence-electron chi connectivity index (χ2n) is 5.82. The first-order valence-corrected chi connectivity index (χ1v) is 6.52. The minimum atomic E-state index is -0.790. The molecule has 114 valence electrons. The molecule has 21 heavy (non-hydrogen) atoms. The number of carbonyl (C=O) groups excluding carboxylic acids is 2. The van der Waals surface area contributed by atoms with Crippen molar-refractivity contribution in [3.63, 3.8) is 0 Å². The highest BCUT2D eigenvalue weighted by molar-refractivity contribution is 5.78. The number of hydroxylamine groups is 2. The molecule has 1 aromatic heterocycles. The number of aromatic nitrogens is 1. The Kier molecular flexibility index (Phi) is 3.85. The van der Waals surface area contributed by atoms with E-state index in [-0.39, 0.29) is 6.42 Å². The van der Waals surface area contributed by atoms with Gasteiger partial charge in [-0.1, -0.05) is 0 Å². The minimum Gasteiger partial charge on any atom is -0.442 e. The van der Waals surface area contributed by atoms with Crippen LogP contribution in [-0.2, 0) is 14.4 Å². The molecule has 1 fully saturated rings. The minimum absolute atomic E-state index is 0.0643. The number of nitrogens with zero attached hydrogens (tertiary/aromatic N) is 2. The maximum atomic E-state index is 13.4. The van der Waals surface area contributed by atoms with Crippen molar-refractivity contribution in [2.24, 2.45) is 0 Å². The third kappa shape index (κ3) is 3.48. The summed E-state index contributed by atoms with van der Waals surface area (Å²) in [5, 5.41) is 0.844. The molecule has 0 bridgehead atoms. The average molecular weight is 296 g/mol. The van der Waals surface area contributed by atoms with Crippen LogP contribution in [-0.4, -0.2) is 27.7 Å². The zero-order valence-electron chi connectivity index (χ0n) is 12.3. The number of hydrogen-bond acceptors (Lipinski definition) is 5. The van der Waals surface area contributed by atoms with Gasteiger partial charge in [-0.15, -0.1) is 5.06 Å². The number of halogens is 1. The van der Waals surface area contributed by atoms with Crippen LogP contribution in [0.3, 0.4) is 0 Å². The first-order valence-electron chi connectivity index (χ1n) is 6.52. The quantitative estimate of drug-likeness (QED) is 0.797. The number of aryl methyl sites for hydroxylation is 1. The summed E-state index contributed by atoms with van der Waals surface area (Å²) >= 11 is 0. The summed E-state index contributed by atoms with van der Waals surface area (Å²) in [7, 11) is 0. The fourth-order valence-corrected chi connectivity index (χ4v) is 2.02. The van der Waals surface area contributed by atoms with Gasteiger partial charge < -0.3 is 9.57 Å². The molecular formula is C14H17FN2O4. The topological polar surface area (TPSA) is 68.7 Å². The number of pyridine rings is 1. The summed E-state index contributed by atoms with van der Waals surface area (Å²) in [4.78, 5) is 32.4. The molecule has 0 saturated carbocycles. The number of ether oxygens (including phenoxy) is 1. The van der Waals surface area contributed by atoms with Crippen LogP contribution >= 0.6 is 0 Å². The first-order chi connectivity index (χ1) is 9.67. The molecule has 1 aromatic rings. The van der Waals surface area contributed by atoms with Crippen LogP contribution in [0.4, 0.5) is 9.18 Å². The van der Waals surface area contributed by atoms with Gasteiger partial charge in [-0.2, -0.15) is 0 Å². The summed E-state index contributed by atoms with van der Waals surface area (Å²) in [6.45, 7) is 6.78. The highest BCUT2D eigenvalue weighted by Gasteiger charge is 2.41. The maximum absolute atomic E-state index is 13.4. The molecule has 0 spiro atoms. The Morgan fingerprint density at radius 3 is 2.81 bits per heavy atom. The zero-order valence-corrected chi connectivity index (χ0v) is 12.3. The molecule has 1 amide bonds. The maximum Gasteiger partial charge on any atom is 0.444 e. The lowest BCUT2D eigenvalue weighted by atomic mass is 10.0. The van der Waals surface area contributed by atoms with Gasteiger partial charge in [0.1, 0.15) is 17.5 Å². The van der Waals surface area contributed by atoms with E-state index in [0.29, 0.717) is 11.3 Å². The molecule has 1 unspecified atom stereocenters. The van der Waals surface area contributed by atoms with Crippen molar-refractivity contribution in [2.45, 2.75) is 45.8 Å². The lowest BCUT2D eigenvalue weighted by Gasteiger charge is -2.26. The second-order valence-corrected chi connectivity index (χ2v) is 5.82. The van der Waals surface area contributed by atoms with Gasteiger partial charge in [0.15, 0.2) is 0 Å². The Labute approximate surface area is 121 Å². The molecule has 1 saturated heterocycles. The Bertz CT molecular complexity index is 583. The lowest BCUT2D eigenvalue weighted by molar-refractivity contribution is -0.170. The predicted octanol–water partition coefficient (Wildman–Crippen LogP) is 2.67. The van der Waals surface area contributed by atoms with Gasteiger partial charge in [0.05, 0.1) is 12.6 Å². The van der Waals surface area contributed by atoms with Crippen LogP contribution < -0.4 is 0 Å². The van der Waals surface area contributed by atoms with Crippen molar-refractivity contribution >= 4 is 12.1 Å². The van der Waals surface area contributed by atoms with Gasteiger partial charge >= 0.3 is 12.1 Å². The molecule has 1 aliphatic rings. The zero-order chi connectivity index (χ0) is 15.8. The van der Waals surface area contributed by atoms with Gasteiger partial charge in [-0.05, 0) is 33.8 Å². The summed E-state index contributed by atoms with van der Waals surface area (Å²) in [6, 6.07) is 0.502. The largest absolute Gasteiger partial charge is 0.444 e. The van der Waals surface area contributed by atoms with Crippen molar-refractivity contribution in [2.75, 3.05) is 0 Å². The molecule has 6 nitrogen and oxygen atoms in total. The molecule has 0 radical (unpaired) electrons. The van der Waals surface area contributed by atoms with E-state index in [1.54, 1.807) is 27.7 Å². The highest BCUT2D eigenvalue weighted by Crippen LogP contribution is 2.33. The number of rotatable bonds is 1. The summed E-state index contributed by atoms with van der Waals surface area (Å²) in [6.07, 6.45) is 0.224.